The monoisotopic (exact) mass is 426 g/mol. The zero-order chi connectivity index (χ0) is 20.4. The molecular formula is C21H22N4O2S2. The number of nitrogens with one attached hydrogen (secondary N) is 2. The van der Waals surface area contributed by atoms with Crippen LogP contribution in [-0.4, -0.2) is 34.8 Å². The molecule has 150 valence electrons. The van der Waals surface area contributed by atoms with Crippen molar-refractivity contribution in [2.75, 3.05) is 23.7 Å². The lowest BCUT2D eigenvalue weighted by Gasteiger charge is -2.25. The topological polar surface area (TPSA) is 74.3 Å². The standard InChI is InChI=1S/C21H22N4O2S2/c1-13-5-6-14(2)16(10-13)22-19(26)12-25-8-7-15-18(11-25)29-21(23-15)24-20(27)17-4-3-9-28-17/h3-6,9-10H,7-8,11-12H2,1-2H3,(H,22,26)(H,23,24,27). The van der Waals surface area contributed by atoms with Gasteiger partial charge in [0.05, 0.1) is 17.1 Å². The molecule has 0 saturated carbocycles. The number of aromatic nitrogens is 1. The zero-order valence-electron chi connectivity index (χ0n) is 16.3. The highest BCUT2D eigenvalue weighted by molar-refractivity contribution is 7.16. The number of benzene rings is 1. The highest BCUT2D eigenvalue weighted by Crippen LogP contribution is 2.29. The number of thiazole rings is 1. The number of fused-ring (bicyclic) bond motifs is 1. The van der Waals surface area contributed by atoms with Gasteiger partial charge in [-0.15, -0.1) is 22.7 Å². The maximum atomic E-state index is 12.5. The molecule has 1 aliphatic rings. The molecule has 0 spiro atoms. The van der Waals surface area contributed by atoms with Crippen LogP contribution < -0.4 is 10.6 Å². The molecule has 4 rings (SSSR count). The minimum atomic E-state index is -0.129. The van der Waals surface area contributed by atoms with Gasteiger partial charge in [-0.25, -0.2) is 4.98 Å². The van der Waals surface area contributed by atoms with E-state index >= 15 is 0 Å². The van der Waals surface area contributed by atoms with Gasteiger partial charge in [-0.05, 0) is 42.5 Å². The Morgan fingerprint density at radius 2 is 2.07 bits per heavy atom. The Bertz CT molecular complexity index is 1040. The SMILES string of the molecule is Cc1ccc(C)c(NC(=O)CN2CCc3nc(NC(=O)c4cccs4)sc3C2)c1. The predicted octanol–water partition coefficient (Wildman–Crippen LogP) is 4.07. The lowest BCUT2D eigenvalue weighted by Crippen LogP contribution is -2.36. The number of aryl methyl sites for hydroxylation is 2. The average Bonchev–Trinajstić information content (AvgIpc) is 3.33. The molecule has 2 N–H and O–H groups in total. The third-order valence-electron chi connectivity index (χ3n) is 4.81. The lowest BCUT2D eigenvalue weighted by molar-refractivity contribution is -0.117. The van der Waals surface area contributed by atoms with Crippen LogP contribution in [0.5, 0.6) is 0 Å². The van der Waals surface area contributed by atoms with Crippen LogP contribution >= 0.6 is 22.7 Å². The fourth-order valence-corrected chi connectivity index (χ4v) is 4.93. The first-order valence-corrected chi connectivity index (χ1v) is 11.1. The Labute approximate surface area is 177 Å². The molecule has 2 amide bonds. The smallest absolute Gasteiger partial charge is 0.267 e. The van der Waals surface area contributed by atoms with E-state index in [4.69, 9.17) is 0 Å². The summed E-state index contributed by atoms with van der Waals surface area (Å²) in [5, 5.41) is 8.40. The molecule has 0 fully saturated rings. The Kier molecular flexibility index (Phi) is 5.75. The second-order valence-electron chi connectivity index (χ2n) is 7.15. The summed E-state index contributed by atoms with van der Waals surface area (Å²) >= 11 is 2.90. The molecule has 6 nitrogen and oxygen atoms in total. The molecule has 0 aliphatic carbocycles. The van der Waals surface area contributed by atoms with Crippen molar-refractivity contribution in [3.63, 3.8) is 0 Å². The highest BCUT2D eigenvalue weighted by Gasteiger charge is 2.23. The van der Waals surface area contributed by atoms with Crippen LogP contribution in [0.25, 0.3) is 0 Å². The molecule has 3 aromatic rings. The molecular weight excluding hydrogens is 404 g/mol. The molecule has 0 atom stereocenters. The number of hydrogen-bond acceptors (Lipinski definition) is 6. The third kappa shape index (κ3) is 4.72. The van der Waals surface area contributed by atoms with E-state index in [1.807, 2.05) is 43.5 Å². The number of nitrogens with zero attached hydrogens (tertiary/aromatic N) is 2. The van der Waals surface area contributed by atoms with Gasteiger partial charge < -0.3 is 5.32 Å². The largest absolute Gasteiger partial charge is 0.325 e. The fourth-order valence-electron chi connectivity index (χ4n) is 3.27. The summed E-state index contributed by atoms with van der Waals surface area (Å²) in [7, 11) is 0. The van der Waals surface area contributed by atoms with Crippen LogP contribution in [0.2, 0.25) is 0 Å². The van der Waals surface area contributed by atoms with Gasteiger partial charge in [0.15, 0.2) is 5.13 Å². The minimum absolute atomic E-state index is 0.0158. The van der Waals surface area contributed by atoms with Gasteiger partial charge in [-0.3, -0.25) is 19.8 Å². The predicted molar refractivity (Wildman–Crippen MR) is 118 cm³/mol. The summed E-state index contributed by atoms with van der Waals surface area (Å²) in [6.07, 6.45) is 0.775. The van der Waals surface area contributed by atoms with Gasteiger partial charge >= 0.3 is 0 Å². The van der Waals surface area contributed by atoms with E-state index in [0.717, 1.165) is 40.4 Å². The highest BCUT2D eigenvalue weighted by atomic mass is 32.1. The van der Waals surface area contributed by atoms with E-state index < -0.39 is 0 Å². The summed E-state index contributed by atoms with van der Waals surface area (Å²) in [5.74, 6) is -0.145. The molecule has 29 heavy (non-hydrogen) atoms. The van der Waals surface area contributed by atoms with Crippen LogP contribution in [0.15, 0.2) is 35.7 Å². The first kappa shape index (κ1) is 19.8. The number of anilines is 2. The Hall–Kier alpha value is -2.55. The number of thiophene rings is 1. The first-order chi connectivity index (χ1) is 14.0. The van der Waals surface area contributed by atoms with Gasteiger partial charge in [-0.2, -0.15) is 0 Å². The van der Waals surface area contributed by atoms with Gasteiger partial charge in [0, 0.05) is 30.1 Å². The van der Waals surface area contributed by atoms with Crippen molar-refractivity contribution in [2.45, 2.75) is 26.8 Å². The summed E-state index contributed by atoms with van der Waals surface area (Å²) in [4.78, 5) is 33.2. The van der Waals surface area contributed by atoms with Crippen LogP contribution in [0, 0.1) is 13.8 Å². The summed E-state index contributed by atoms with van der Waals surface area (Å²) in [5.41, 5.74) is 4.06. The summed E-state index contributed by atoms with van der Waals surface area (Å²) in [6.45, 7) is 5.78. The van der Waals surface area contributed by atoms with E-state index in [2.05, 4.69) is 20.5 Å². The fraction of sp³-hybridized carbons (Fsp3) is 0.286. The van der Waals surface area contributed by atoms with E-state index in [0.29, 0.717) is 23.1 Å². The zero-order valence-corrected chi connectivity index (χ0v) is 18.0. The Balaban J connectivity index is 1.36. The van der Waals surface area contributed by atoms with Crippen LogP contribution in [0.4, 0.5) is 10.8 Å². The molecule has 3 heterocycles. The molecule has 0 saturated heterocycles. The van der Waals surface area contributed by atoms with E-state index in [1.165, 1.54) is 22.7 Å². The van der Waals surface area contributed by atoms with Crippen molar-refractivity contribution in [1.82, 2.24) is 9.88 Å². The van der Waals surface area contributed by atoms with Gasteiger partial charge in [0.2, 0.25) is 5.91 Å². The minimum Gasteiger partial charge on any atom is -0.325 e. The van der Waals surface area contributed by atoms with Crippen LogP contribution in [-0.2, 0) is 17.8 Å². The van der Waals surface area contributed by atoms with Crippen molar-refractivity contribution < 1.29 is 9.59 Å². The second kappa shape index (κ2) is 8.44. The maximum absolute atomic E-state index is 12.5. The lowest BCUT2D eigenvalue weighted by atomic mass is 10.1. The molecule has 0 radical (unpaired) electrons. The average molecular weight is 427 g/mol. The van der Waals surface area contributed by atoms with Gasteiger partial charge in [-0.1, -0.05) is 18.2 Å². The Morgan fingerprint density at radius 3 is 2.86 bits per heavy atom. The van der Waals surface area contributed by atoms with Crippen molar-refractivity contribution >= 4 is 45.3 Å². The van der Waals surface area contributed by atoms with Crippen molar-refractivity contribution in [2.24, 2.45) is 0 Å². The second-order valence-corrected chi connectivity index (χ2v) is 9.18. The molecule has 1 aliphatic heterocycles. The number of amides is 2. The maximum Gasteiger partial charge on any atom is 0.267 e. The molecule has 0 unspecified atom stereocenters. The van der Waals surface area contributed by atoms with E-state index in [-0.39, 0.29) is 11.8 Å². The normalized spacial score (nSPS) is 13.7. The number of rotatable bonds is 5. The molecule has 8 heteroatoms. The van der Waals surface area contributed by atoms with E-state index in [1.54, 1.807) is 6.07 Å². The van der Waals surface area contributed by atoms with Crippen LogP contribution in [0.3, 0.4) is 0 Å². The number of carbonyl (C=O) groups is 2. The molecule has 1 aromatic carbocycles. The van der Waals surface area contributed by atoms with Crippen molar-refractivity contribution in [3.05, 3.63) is 62.3 Å². The Morgan fingerprint density at radius 1 is 1.21 bits per heavy atom. The summed E-state index contributed by atoms with van der Waals surface area (Å²) < 4.78 is 0. The quantitative estimate of drug-likeness (QED) is 0.645. The van der Waals surface area contributed by atoms with Crippen LogP contribution in [0.1, 0.15) is 31.4 Å². The van der Waals surface area contributed by atoms with Crippen molar-refractivity contribution in [1.29, 1.82) is 0 Å². The summed E-state index contributed by atoms with van der Waals surface area (Å²) in [6, 6.07) is 9.70. The van der Waals surface area contributed by atoms with Crippen molar-refractivity contribution in [3.8, 4) is 0 Å². The third-order valence-corrected chi connectivity index (χ3v) is 6.68. The molecule has 2 aromatic heterocycles. The number of carbonyl (C=O) groups excluding carboxylic acids is 2. The van der Waals surface area contributed by atoms with Gasteiger partial charge in [0.25, 0.3) is 5.91 Å². The van der Waals surface area contributed by atoms with E-state index in [9.17, 15) is 9.59 Å². The van der Waals surface area contributed by atoms with Gasteiger partial charge in [0.1, 0.15) is 0 Å². The number of hydrogen-bond donors (Lipinski definition) is 2. The molecule has 0 bridgehead atoms. The first-order valence-electron chi connectivity index (χ1n) is 9.41.